The third-order valence-corrected chi connectivity index (χ3v) is 3.70. The topological polar surface area (TPSA) is 58.8 Å². The second-order valence-corrected chi connectivity index (χ2v) is 5.53. The molecule has 0 spiro atoms. The maximum atomic E-state index is 12.1. The fourth-order valence-electron chi connectivity index (χ4n) is 2.49. The van der Waals surface area contributed by atoms with Gasteiger partial charge in [-0.2, -0.15) is 0 Å². The summed E-state index contributed by atoms with van der Waals surface area (Å²) in [6, 6.07) is 5.93. The van der Waals surface area contributed by atoms with Crippen LogP contribution in [0, 0.1) is 0 Å². The van der Waals surface area contributed by atoms with Crippen LogP contribution in [0.25, 0.3) is 0 Å². The number of amides is 1. The number of halogens is 3. The predicted molar refractivity (Wildman–Crippen MR) is 78.7 cm³/mol. The Labute approximate surface area is 132 Å². The van der Waals surface area contributed by atoms with Crippen molar-refractivity contribution in [3.63, 3.8) is 0 Å². The molecule has 1 amide bonds. The van der Waals surface area contributed by atoms with E-state index < -0.39 is 6.36 Å². The van der Waals surface area contributed by atoms with Gasteiger partial charge in [-0.15, -0.1) is 13.2 Å². The fourth-order valence-corrected chi connectivity index (χ4v) is 2.49. The van der Waals surface area contributed by atoms with Crippen LogP contribution in [0.15, 0.2) is 24.3 Å². The van der Waals surface area contributed by atoms with Crippen molar-refractivity contribution in [3.8, 4) is 5.75 Å². The monoisotopic (exact) mass is 331 g/mol. The van der Waals surface area contributed by atoms with Gasteiger partial charge in [-0.3, -0.25) is 9.69 Å². The summed E-state index contributed by atoms with van der Waals surface area (Å²) in [6.07, 6.45) is -4.30. The van der Waals surface area contributed by atoms with Crippen molar-refractivity contribution in [1.29, 1.82) is 0 Å². The molecule has 0 aromatic heterocycles. The lowest BCUT2D eigenvalue weighted by atomic mass is 10.2. The van der Waals surface area contributed by atoms with E-state index in [4.69, 9.17) is 5.73 Å². The molecular formula is C15H20F3N3O2. The van der Waals surface area contributed by atoms with Gasteiger partial charge in [0, 0.05) is 45.7 Å². The summed E-state index contributed by atoms with van der Waals surface area (Å²) in [5, 5.41) is 0. The maximum absolute atomic E-state index is 12.1. The number of alkyl halides is 3. The van der Waals surface area contributed by atoms with Gasteiger partial charge < -0.3 is 15.4 Å². The Bertz CT molecular complexity index is 512. The molecule has 8 heteroatoms. The summed E-state index contributed by atoms with van der Waals surface area (Å²) in [7, 11) is 0. The van der Waals surface area contributed by atoms with Crippen LogP contribution in [-0.2, 0) is 11.3 Å². The van der Waals surface area contributed by atoms with Crippen LogP contribution in [0.2, 0.25) is 0 Å². The van der Waals surface area contributed by atoms with E-state index in [1.807, 2.05) is 0 Å². The van der Waals surface area contributed by atoms with Gasteiger partial charge in [0.1, 0.15) is 5.75 Å². The number of primary amides is 1. The van der Waals surface area contributed by atoms with E-state index >= 15 is 0 Å². The molecule has 5 nitrogen and oxygen atoms in total. The van der Waals surface area contributed by atoms with Crippen molar-refractivity contribution in [2.24, 2.45) is 5.73 Å². The summed E-state index contributed by atoms with van der Waals surface area (Å²) in [5.74, 6) is -0.508. The van der Waals surface area contributed by atoms with Crippen LogP contribution >= 0.6 is 0 Å². The molecule has 1 aliphatic rings. The summed E-state index contributed by atoms with van der Waals surface area (Å²) in [4.78, 5) is 15.2. The first-order chi connectivity index (χ1) is 10.8. The predicted octanol–water partition coefficient (Wildman–Crippen LogP) is 1.58. The highest BCUT2D eigenvalue weighted by molar-refractivity contribution is 5.73. The number of carbonyl (C=O) groups is 1. The molecule has 0 aliphatic carbocycles. The Hall–Kier alpha value is -1.80. The third kappa shape index (κ3) is 6.45. The minimum Gasteiger partial charge on any atom is -0.406 e. The van der Waals surface area contributed by atoms with Gasteiger partial charge in [-0.05, 0) is 17.7 Å². The zero-order valence-electron chi connectivity index (χ0n) is 12.7. The molecule has 1 heterocycles. The van der Waals surface area contributed by atoms with Crippen LogP contribution < -0.4 is 10.5 Å². The standard InChI is InChI=1S/C15H20F3N3O2/c16-15(17,18)23-13-3-1-12(2-4-13)11-21-9-7-20(8-10-21)6-5-14(19)22/h1-4H,5-11H2,(H2,19,22). The smallest absolute Gasteiger partial charge is 0.406 e. The van der Waals surface area contributed by atoms with Gasteiger partial charge in [0.25, 0.3) is 0 Å². The zero-order valence-corrected chi connectivity index (χ0v) is 12.7. The average Bonchev–Trinajstić information content (AvgIpc) is 2.47. The minimum absolute atomic E-state index is 0.211. The van der Waals surface area contributed by atoms with E-state index in [1.54, 1.807) is 12.1 Å². The number of carbonyl (C=O) groups excluding carboxylic acids is 1. The normalized spacial score (nSPS) is 17.2. The number of benzene rings is 1. The van der Waals surface area contributed by atoms with E-state index in [1.165, 1.54) is 12.1 Å². The molecule has 1 aromatic rings. The molecule has 1 saturated heterocycles. The van der Waals surface area contributed by atoms with Crippen LogP contribution in [0.4, 0.5) is 13.2 Å². The van der Waals surface area contributed by atoms with Crippen molar-refractivity contribution in [1.82, 2.24) is 9.80 Å². The quantitative estimate of drug-likeness (QED) is 0.860. The lowest BCUT2D eigenvalue weighted by Crippen LogP contribution is -2.46. The summed E-state index contributed by atoms with van der Waals surface area (Å²) in [6.45, 7) is 4.74. The summed E-state index contributed by atoms with van der Waals surface area (Å²) < 4.78 is 40.1. The Morgan fingerprint density at radius 1 is 1.09 bits per heavy atom. The van der Waals surface area contributed by atoms with Crippen LogP contribution in [-0.4, -0.2) is 54.8 Å². The first-order valence-electron chi connectivity index (χ1n) is 7.39. The lowest BCUT2D eigenvalue weighted by Gasteiger charge is -2.34. The van der Waals surface area contributed by atoms with Crippen LogP contribution in [0.1, 0.15) is 12.0 Å². The Morgan fingerprint density at radius 3 is 2.17 bits per heavy atom. The van der Waals surface area contributed by atoms with Gasteiger partial charge in [0.2, 0.25) is 5.91 Å². The molecular weight excluding hydrogens is 311 g/mol. The molecule has 1 aliphatic heterocycles. The summed E-state index contributed by atoms with van der Waals surface area (Å²) in [5.41, 5.74) is 6.07. The second kappa shape index (κ2) is 7.65. The van der Waals surface area contributed by atoms with E-state index in [2.05, 4.69) is 14.5 Å². The number of hydrogen-bond acceptors (Lipinski definition) is 4. The Balaban J connectivity index is 1.77. The highest BCUT2D eigenvalue weighted by Crippen LogP contribution is 2.23. The van der Waals surface area contributed by atoms with Crippen molar-refractivity contribution in [2.75, 3.05) is 32.7 Å². The van der Waals surface area contributed by atoms with E-state index in [9.17, 15) is 18.0 Å². The molecule has 0 unspecified atom stereocenters. The number of nitrogens with two attached hydrogens (primary N) is 1. The van der Waals surface area contributed by atoms with Crippen molar-refractivity contribution >= 4 is 5.91 Å². The van der Waals surface area contributed by atoms with Gasteiger partial charge >= 0.3 is 6.36 Å². The molecule has 0 bridgehead atoms. The first kappa shape index (κ1) is 17.6. The Kier molecular flexibility index (Phi) is 5.84. The fraction of sp³-hybridized carbons (Fsp3) is 0.533. The van der Waals surface area contributed by atoms with Crippen LogP contribution in [0.3, 0.4) is 0 Å². The van der Waals surface area contributed by atoms with Gasteiger partial charge in [-0.25, -0.2) is 0 Å². The van der Waals surface area contributed by atoms with Crippen LogP contribution in [0.5, 0.6) is 5.75 Å². The molecule has 2 rings (SSSR count). The molecule has 0 atom stereocenters. The van der Waals surface area contributed by atoms with Gasteiger partial charge in [0.05, 0.1) is 0 Å². The van der Waals surface area contributed by atoms with Crippen molar-refractivity contribution in [2.45, 2.75) is 19.3 Å². The SMILES string of the molecule is NC(=O)CCN1CCN(Cc2ccc(OC(F)(F)F)cc2)CC1. The first-order valence-corrected chi connectivity index (χ1v) is 7.39. The summed E-state index contributed by atoms with van der Waals surface area (Å²) >= 11 is 0. The number of ether oxygens (including phenoxy) is 1. The molecule has 0 radical (unpaired) electrons. The van der Waals surface area contributed by atoms with E-state index in [-0.39, 0.29) is 11.7 Å². The largest absolute Gasteiger partial charge is 0.573 e. The number of hydrogen-bond donors (Lipinski definition) is 1. The molecule has 128 valence electrons. The number of nitrogens with zero attached hydrogens (tertiary/aromatic N) is 2. The number of piperazine rings is 1. The molecule has 0 saturated carbocycles. The maximum Gasteiger partial charge on any atom is 0.573 e. The molecule has 2 N–H and O–H groups in total. The second-order valence-electron chi connectivity index (χ2n) is 5.53. The highest BCUT2D eigenvalue weighted by Gasteiger charge is 2.31. The molecule has 1 aromatic carbocycles. The highest BCUT2D eigenvalue weighted by atomic mass is 19.4. The molecule has 23 heavy (non-hydrogen) atoms. The van der Waals surface area contributed by atoms with E-state index in [0.717, 1.165) is 31.7 Å². The molecule has 1 fully saturated rings. The van der Waals surface area contributed by atoms with E-state index in [0.29, 0.717) is 19.5 Å². The average molecular weight is 331 g/mol. The third-order valence-electron chi connectivity index (χ3n) is 3.70. The minimum atomic E-state index is -4.66. The Morgan fingerprint density at radius 2 is 1.65 bits per heavy atom. The lowest BCUT2D eigenvalue weighted by molar-refractivity contribution is -0.274. The number of rotatable bonds is 6. The van der Waals surface area contributed by atoms with Crippen molar-refractivity contribution < 1.29 is 22.7 Å². The van der Waals surface area contributed by atoms with Crippen molar-refractivity contribution in [3.05, 3.63) is 29.8 Å². The van der Waals surface area contributed by atoms with Gasteiger partial charge in [-0.1, -0.05) is 12.1 Å². The van der Waals surface area contributed by atoms with Gasteiger partial charge in [0.15, 0.2) is 0 Å². The zero-order chi connectivity index (χ0) is 16.9.